The van der Waals surface area contributed by atoms with E-state index in [-0.39, 0.29) is 5.91 Å². The molecule has 0 aliphatic rings. The zero-order chi connectivity index (χ0) is 17.9. The summed E-state index contributed by atoms with van der Waals surface area (Å²) in [5.41, 5.74) is 2.44. The zero-order valence-corrected chi connectivity index (χ0v) is 16.6. The average molecular weight is 396 g/mol. The first-order chi connectivity index (χ1) is 12.2. The molecule has 0 saturated carbocycles. The molecule has 0 spiro atoms. The summed E-state index contributed by atoms with van der Waals surface area (Å²) in [4.78, 5) is 11.8. The third-order valence-corrected chi connectivity index (χ3v) is 5.70. The molecule has 25 heavy (non-hydrogen) atoms. The van der Waals surface area contributed by atoms with Gasteiger partial charge < -0.3 is 10.1 Å². The molecule has 0 aliphatic heterocycles. The van der Waals surface area contributed by atoms with Crippen LogP contribution in [0.1, 0.15) is 11.1 Å². The van der Waals surface area contributed by atoms with Crippen LogP contribution in [0, 0.1) is 0 Å². The first-order valence-electron chi connectivity index (χ1n) is 7.97. The number of methoxy groups -OCH3 is 1. The van der Waals surface area contributed by atoms with Crippen molar-refractivity contribution in [2.24, 2.45) is 0 Å². The Hall–Kier alpha value is -1.30. The Morgan fingerprint density at radius 1 is 1.00 bits per heavy atom. The Bertz CT molecular complexity index is 647. The number of amides is 1. The average Bonchev–Trinajstić information content (AvgIpc) is 2.63. The van der Waals surface area contributed by atoms with Gasteiger partial charge in [-0.05, 0) is 35.4 Å². The van der Waals surface area contributed by atoms with Crippen LogP contribution in [-0.2, 0) is 16.3 Å². The smallest absolute Gasteiger partial charge is 0.230 e. The van der Waals surface area contributed by atoms with E-state index >= 15 is 0 Å². The van der Waals surface area contributed by atoms with Crippen molar-refractivity contribution in [3.63, 3.8) is 0 Å². The van der Waals surface area contributed by atoms with Gasteiger partial charge in [0.15, 0.2) is 0 Å². The lowest BCUT2D eigenvalue weighted by molar-refractivity contribution is -0.118. The summed E-state index contributed by atoms with van der Waals surface area (Å²) in [5.74, 6) is 4.07. The summed E-state index contributed by atoms with van der Waals surface area (Å²) < 4.78 is 5.13. The van der Waals surface area contributed by atoms with E-state index in [2.05, 4.69) is 5.32 Å². The molecule has 2 aromatic carbocycles. The van der Waals surface area contributed by atoms with Crippen LogP contribution >= 0.6 is 35.1 Å². The molecular formula is C19H22ClNO2S2. The summed E-state index contributed by atoms with van der Waals surface area (Å²) in [7, 11) is 1.65. The van der Waals surface area contributed by atoms with E-state index in [0.717, 1.165) is 28.0 Å². The molecule has 3 nitrogen and oxygen atoms in total. The van der Waals surface area contributed by atoms with E-state index in [4.69, 9.17) is 16.3 Å². The van der Waals surface area contributed by atoms with Crippen molar-refractivity contribution in [2.75, 3.05) is 25.2 Å². The Morgan fingerprint density at radius 3 is 2.24 bits per heavy atom. The van der Waals surface area contributed by atoms with Gasteiger partial charge in [-0.3, -0.25) is 4.79 Å². The van der Waals surface area contributed by atoms with Crippen molar-refractivity contribution in [1.29, 1.82) is 0 Å². The lowest BCUT2D eigenvalue weighted by Gasteiger charge is -2.06. The van der Waals surface area contributed by atoms with Gasteiger partial charge in [0.1, 0.15) is 5.75 Å². The van der Waals surface area contributed by atoms with Crippen LogP contribution < -0.4 is 10.1 Å². The predicted octanol–water partition coefficient (Wildman–Crippen LogP) is 4.63. The fourth-order valence-electron chi connectivity index (χ4n) is 2.07. The molecule has 0 unspecified atom stereocenters. The van der Waals surface area contributed by atoms with Gasteiger partial charge in [0.05, 0.1) is 12.9 Å². The number of halogens is 1. The highest BCUT2D eigenvalue weighted by molar-refractivity contribution is 7.99. The second-order valence-electron chi connectivity index (χ2n) is 5.37. The highest BCUT2D eigenvalue weighted by Crippen LogP contribution is 2.17. The number of rotatable bonds is 10. The number of ether oxygens (including phenoxy) is 1. The number of hydrogen-bond acceptors (Lipinski definition) is 4. The molecule has 0 bridgehead atoms. The lowest BCUT2D eigenvalue weighted by Crippen LogP contribution is -2.27. The van der Waals surface area contributed by atoms with E-state index in [0.29, 0.717) is 12.3 Å². The van der Waals surface area contributed by atoms with Gasteiger partial charge in [-0.2, -0.15) is 11.8 Å². The number of hydrogen-bond donors (Lipinski definition) is 1. The van der Waals surface area contributed by atoms with E-state index in [1.807, 2.05) is 48.5 Å². The normalized spacial score (nSPS) is 10.5. The van der Waals surface area contributed by atoms with Crippen LogP contribution in [0.5, 0.6) is 5.75 Å². The number of carbonyl (C=O) groups excluding carboxylic acids is 1. The summed E-state index contributed by atoms with van der Waals surface area (Å²) in [6.45, 7) is 0.695. The minimum absolute atomic E-state index is 0.0885. The van der Waals surface area contributed by atoms with Crippen molar-refractivity contribution >= 4 is 41.0 Å². The number of nitrogens with one attached hydrogen (secondary N) is 1. The van der Waals surface area contributed by atoms with Crippen molar-refractivity contribution in [2.45, 2.75) is 11.5 Å². The van der Waals surface area contributed by atoms with Gasteiger partial charge in [-0.15, -0.1) is 11.8 Å². The maximum absolute atomic E-state index is 11.8. The fraction of sp³-hybridized carbons (Fsp3) is 0.316. The third kappa shape index (κ3) is 8.08. The van der Waals surface area contributed by atoms with Crippen LogP contribution in [0.25, 0.3) is 0 Å². The third-order valence-electron chi connectivity index (χ3n) is 3.41. The van der Waals surface area contributed by atoms with Crippen molar-refractivity contribution < 1.29 is 9.53 Å². The van der Waals surface area contributed by atoms with Gasteiger partial charge in [0.25, 0.3) is 0 Å². The molecule has 1 N–H and O–H groups in total. The predicted molar refractivity (Wildman–Crippen MR) is 110 cm³/mol. The molecule has 2 rings (SSSR count). The van der Waals surface area contributed by atoms with E-state index in [1.165, 1.54) is 11.1 Å². The molecular weight excluding hydrogens is 374 g/mol. The molecule has 0 aromatic heterocycles. The molecule has 0 radical (unpaired) electrons. The summed E-state index contributed by atoms with van der Waals surface area (Å²) in [6, 6.07) is 15.8. The topological polar surface area (TPSA) is 38.3 Å². The number of thioether (sulfide) groups is 2. The standard InChI is InChI=1S/C19H22ClNO2S2/c1-23-18-8-4-16(5-9-18)13-25-14-19(22)21-10-11-24-12-15-2-6-17(20)7-3-15/h2-9H,10-14H2,1H3,(H,21,22). The van der Waals surface area contributed by atoms with Crippen molar-refractivity contribution in [3.8, 4) is 5.75 Å². The van der Waals surface area contributed by atoms with E-state index in [9.17, 15) is 4.79 Å². The zero-order valence-electron chi connectivity index (χ0n) is 14.2. The first-order valence-corrected chi connectivity index (χ1v) is 10.7. The molecule has 0 heterocycles. The molecule has 134 valence electrons. The van der Waals surface area contributed by atoms with E-state index in [1.54, 1.807) is 30.6 Å². The van der Waals surface area contributed by atoms with Crippen LogP contribution in [0.15, 0.2) is 48.5 Å². The SMILES string of the molecule is COc1ccc(CSCC(=O)NCCSCc2ccc(Cl)cc2)cc1. The highest BCUT2D eigenvalue weighted by atomic mass is 35.5. The van der Waals surface area contributed by atoms with Gasteiger partial charge in [-0.25, -0.2) is 0 Å². The minimum Gasteiger partial charge on any atom is -0.497 e. The van der Waals surface area contributed by atoms with Gasteiger partial charge in [0.2, 0.25) is 5.91 Å². The summed E-state index contributed by atoms with van der Waals surface area (Å²) in [6.07, 6.45) is 0. The van der Waals surface area contributed by atoms with Crippen LogP contribution in [0.4, 0.5) is 0 Å². The van der Waals surface area contributed by atoms with Gasteiger partial charge >= 0.3 is 0 Å². The van der Waals surface area contributed by atoms with Crippen LogP contribution in [0.3, 0.4) is 0 Å². The first kappa shape index (κ1) is 20.0. The van der Waals surface area contributed by atoms with Gasteiger partial charge in [0, 0.05) is 28.8 Å². The monoisotopic (exact) mass is 395 g/mol. The maximum Gasteiger partial charge on any atom is 0.230 e. The quantitative estimate of drug-likeness (QED) is 0.595. The second-order valence-corrected chi connectivity index (χ2v) is 7.90. The number of benzene rings is 2. The maximum atomic E-state index is 11.8. The highest BCUT2D eigenvalue weighted by Gasteiger charge is 2.02. The Balaban J connectivity index is 1.52. The summed E-state index contributed by atoms with van der Waals surface area (Å²) in [5, 5.41) is 3.72. The Morgan fingerprint density at radius 2 is 1.60 bits per heavy atom. The van der Waals surface area contributed by atoms with Crippen molar-refractivity contribution in [1.82, 2.24) is 5.32 Å². The molecule has 0 aliphatic carbocycles. The molecule has 2 aromatic rings. The largest absolute Gasteiger partial charge is 0.497 e. The molecule has 0 atom stereocenters. The Kier molecular flexibility index (Phi) is 9.08. The fourth-order valence-corrected chi connectivity index (χ4v) is 3.83. The summed E-state index contributed by atoms with van der Waals surface area (Å²) >= 11 is 9.28. The van der Waals surface area contributed by atoms with Crippen LogP contribution in [-0.4, -0.2) is 31.1 Å². The minimum atomic E-state index is 0.0885. The van der Waals surface area contributed by atoms with Crippen molar-refractivity contribution in [3.05, 3.63) is 64.7 Å². The molecule has 6 heteroatoms. The van der Waals surface area contributed by atoms with E-state index < -0.39 is 0 Å². The number of carbonyl (C=O) groups is 1. The molecule has 0 fully saturated rings. The van der Waals surface area contributed by atoms with Crippen LogP contribution in [0.2, 0.25) is 5.02 Å². The Labute approximate surface area is 162 Å². The molecule has 0 saturated heterocycles. The van der Waals surface area contributed by atoms with Gasteiger partial charge in [-0.1, -0.05) is 35.9 Å². The molecule has 1 amide bonds. The second kappa shape index (κ2) is 11.3. The lowest BCUT2D eigenvalue weighted by atomic mass is 10.2.